The molecule has 2 rings (SSSR count). The summed E-state index contributed by atoms with van der Waals surface area (Å²) in [4.78, 5) is 14.2. The minimum absolute atomic E-state index is 0.106. The third-order valence-electron chi connectivity index (χ3n) is 2.40. The zero-order valence-electron chi connectivity index (χ0n) is 10.4. The van der Waals surface area contributed by atoms with Crippen LogP contribution in [0.3, 0.4) is 0 Å². The van der Waals surface area contributed by atoms with Crippen molar-refractivity contribution >= 4 is 27.5 Å². The molecule has 0 radical (unpaired) electrons. The molecule has 3 N–H and O–H groups in total. The van der Waals surface area contributed by atoms with Gasteiger partial charge in [-0.1, -0.05) is 21.1 Å². The number of aromatic nitrogens is 1. The van der Waals surface area contributed by atoms with Gasteiger partial charge in [-0.05, 0) is 12.1 Å². The molecule has 0 saturated carbocycles. The van der Waals surface area contributed by atoms with Crippen LogP contribution < -0.4 is 10.5 Å². The summed E-state index contributed by atoms with van der Waals surface area (Å²) in [7, 11) is 0. The topological polar surface area (TPSA) is 124 Å². The molecular formula is C12H9BrN4O4. The van der Waals surface area contributed by atoms with Gasteiger partial charge in [0.25, 0.3) is 5.69 Å². The van der Waals surface area contributed by atoms with Crippen LogP contribution in [0.5, 0.6) is 11.5 Å². The molecule has 0 bridgehead atoms. The number of hydrogen-bond acceptors (Lipinski definition) is 6. The Kier molecular flexibility index (Phi) is 4.33. The summed E-state index contributed by atoms with van der Waals surface area (Å²) < 4.78 is 6.03. The number of halogens is 1. The van der Waals surface area contributed by atoms with E-state index in [-0.39, 0.29) is 23.0 Å². The van der Waals surface area contributed by atoms with E-state index in [2.05, 4.69) is 26.1 Å². The van der Waals surface area contributed by atoms with Crippen LogP contribution >= 0.6 is 15.9 Å². The van der Waals surface area contributed by atoms with Crippen molar-refractivity contribution in [3.8, 4) is 11.5 Å². The lowest BCUT2D eigenvalue weighted by Crippen LogP contribution is -2.14. The largest absolute Gasteiger partial charge is 0.457 e. The smallest absolute Gasteiger partial charge is 0.274 e. The normalized spacial score (nSPS) is 11.2. The Balaban J connectivity index is 2.32. The summed E-state index contributed by atoms with van der Waals surface area (Å²) in [5, 5.41) is 22.2. The van der Waals surface area contributed by atoms with E-state index in [1.807, 2.05) is 0 Å². The van der Waals surface area contributed by atoms with E-state index >= 15 is 0 Å². The molecule has 21 heavy (non-hydrogen) atoms. The summed E-state index contributed by atoms with van der Waals surface area (Å²) in [5.74, 6) is 0.451. The van der Waals surface area contributed by atoms with Gasteiger partial charge in [0.1, 0.15) is 17.2 Å². The molecule has 0 amide bonds. The first-order valence-corrected chi connectivity index (χ1v) is 6.35. The number of non-ortho nitro benzene ring substituents is 1. The van der Waals surface area contributed by atoms with Crippen molar-refractivity contribution in [2.24, 2.45) is 10.9 Å². The average Bonchev–Trinajstić information content (AvgIpc) is 2.46. The second-order valence-electron chi connectivity index (χ2n) is 3.87. The van der Waals surface area contributed by atoms with Crippen LogP contribution in [0.25, 0.3) is 0 Å². The number of hydrogen-bond donors (Lipinski definition) is 2. The van der Waals surface area contributed by atoms with Crippen LogP contribution in [-0.4, -0.2) is 21.0 Å². The molecule has 0 unspecified atom stereocenters. The molecule has 0 saturated heterocycles. The average molecular weight is 353 g/mol. The zero-order valence-corrected chi connectivity index (χ0v) is 12.0. The minimum Gasteiger partial charge on any atom is -0.457 e. The quantitative estimate of drug-likeness (QED) is 0.286. The van der Waals surface area contributed by atoms with E-state index < -0.39 is 4.92 Å². The molecule has 9 heteroatoms. The number of ether oxygens (including phenoxy) is 1. The van der Waals surface area contributed by atoms with Gasteiger partial charge in [0.05, 0.1) is 11.0 Å². The van der Waals surface area contributed by atoms with Gasteiger partial charge < -0.3 is 15.7 Å². The number of pyridine rings is 1. The standard InChI is InChI=1S/C12H9BrN4O4/c13-7-3-8(17(19)20)5-10(4-7)21-9-1-2-15-11(6-9)12(14)16-18/h1-6,18H,(H2,14,16). The predicted molar refractivity (Wildman–Crippen MR) is 77.6 cm³/mol. The molecule has 1 aromatic heterocycles. The van der Waals surface area contributed by atoms with Crippen LogP contribution in [0.2, 0.25) is 0 Å². The zero-order chi connectivity index (χ0) is 15.4. The number of nitro groups is 1. The highest BCUT2D eigenvalue weighted by Crippen LogP contribution is 2.29. The molecule has 0 aliphatic carbocycles. The summed E-state index contributed by atoms with van der Waals surface area (Å²) >= 11 is 3.17. The Morgan fingerprint density at radius 2 is 2.14 bits per heavy atom. The third-order valence-corrected chi connectivity index (χ3v) is 2.86. The first-order valence-electron chi connectivity index (χ1n) is 5.56. The Hall–Kier alpha value is -2.68. The fourth-order valence-electron chi connectivity index (χ4n) is 1.51. The van der Waals surface area contributed by atoms with Crippen molar-refractivity contribution in [1.29, 1.82) is 0 Å². The molecule has 0 atom stereocenters. The second-order valence-corrected chi connectivity index (χ2v) is 4.78. The lowest BCUT2D eigenvalue weighted by Gasteiger charge is -2.07. The number of benzene rings is 1. The lowest BCUT2D eigenvalue weighted by molar-refractivity contribution is -0.385. The molecule has 0 aliphatic rings. The second kappa shape index (κ2) is 6.18. The number of nitrogens with zero attached hydrogens (tertiary/aromatic N) is 3. The van der Waals surface area contributed by atoms with Crippen molar-refractivity contribution in [1.82, 2.24) is 4.98 Å². The molecular weight excluding hydrogens is 344 g/mol. The maximum Gasteiger partial charge on any atom is 0.274 e. The molecule has 1 aromatic carbocycles. The van der Waals surface area contributed by atoms with Gasteiger partial charge in [-0.3, -0.25) is 15.1 Å². The van der Waals surface area contributed by atoms with Crippen molar-refractivity contribution in [2.75, 3.05) is 0 Å². The fourth-order valence-corrected chi connectivity index (χ4v) is 1.97. The van der Waals surface area contributed by atoms with Crippen molar-refractivity contribution in [2.45, 2.75) is 0 Å². The van der Waals surface area contributed by atoms with Gasteiger partial charge in [0.2, 0.25) is 0 Å². The van der Waals surface area contributed by atoms with E-state index in [1.165, 1.54) is 24.4 Å². The van der Waals surface area contributed by atoms with Crippen molar-refractivity contribution in [3.05, 3.63) is 56.8 Å². The van der Waals surface area contributed by atoms with E-state index in [0.717, 1.165) is 0 Å². The van der Waals surface area contributed by atoms with Crippen molar-refractivity contribution in [3.63, 3.8) is 0 Å². The Morgan fingerprint density at radius 1 is 1.38 bits per heavy atom. The van der Waals surface area contributed by atoms with Gasteiger partial charge >= 0.3 is 0 Å². The van der Waals surface area contributed by atoms with Gasteiger partial charge in [0, 0.05) is 22.8 Å². The van der Waals surface area contributed by atoms with Crippen LogP contribution in [0.15, 0.2) is 46.2 Å². The third kappa shape index (κ3) is 3.66. The van der Waals surface area contributed by atoms with E-state index in [0.29, 0.717) is 10.2 Å². The maximum atomic E-state index is 10.8. The predicted octanol–water partition coefficient (Wildman–Crippen LogP) is 2.64. The van der Waals surface area contributed by atoms with Crippen molar-refractivity contribution < 1.29 is 14.9 Å². The highest BCUT2D eigenvalue weighted by Gasteiger charge is 2.11. The van der Waals surface area contributed by atoms with Crippen LogP contribution in [-0.2, 0) is 0 Å². The Labute approximate surface area is 127 Å². The molecule has 1 heterocycles. The Morgan fingerprint density at radius 3 is 2.81 bits per heavy atom. The maximum absolute atomic E-state index is 10.8. The minimum atomic E-state index is -0.522. The Bertz CT molecular complexity index is 720. The fraction of sp³-hybridized carbons (Fsp3) is 0. The first kappa shape index (κ1) is 14.7. The molecule has 0 fully saturated rings. The monoisotopic (exact) mass is 352 g/mol. The number of nitro benzene ring substituents is 1. The van der Waals surface area contributed by atoms with Gasteiger partial charge in [-0.2, -0.15) is 0 Å². The van der Waals surface area contributed by atoms with Gasteiger partial charge in [-0.15, -0.1) is 0 Å². The molecule has 2 aromatic rings. The van der Waals surface area contributed by atoms with E-state index in [1.54, 1.807) is 12.1 Å². The number of amidine groups is 1. The highest BCUT2D eigenvalue weighted by molar-refractivity contribution is 9.10. The SMILES string of the molecule is N/C(=N/O)c1cc(Oc2cc(Br)cc([N+](=O)[O-])c2)ccn1. The van der Waals surface area contributed by atoms with Gasteiger partial charge in [-0.25, -0.2) is 0 Å². The first-order chi connectivity index (χ1) is 9.99. The number of rotatable bonds is 4. The van der Waals surface area contributed by atoms with Crippen LogP contribution in [0, 0.1) is 10.1 Å². The van der Waals surface area contributed by atoms with E-state index in [9.17, 15) is 10.1 Å². The number of nitrogens with two attached hydrogens (primary N) is 1. The molecule has 0 spiro atoms. The summed E-state index contributed by atoms with van der Waals surface area (Å²) in [6, 6.07) is 7.22. The van der Waals surface area contributed by atoms with E-state index in [4.69, 9.17) is 15.7 Å². The van der Waals surface area contributed by atoms with Crippen LogP contribution in [0.1, 0.15) is 5.69 Å². The summed E-state index contributed by atoms with van der Waals surface area (Å²) in [6.45, 7) is 0. The van der Waals surface area contributed by atoms with Crippen LogP contribution in [0.4, 0.5) is 5.69 Å². The highest BCUT2D eigenvalue weighted by atomic mass is 79.9. The number of oxime groups is 1. The molecule has 108 valence electrons. The molecule has 0 aliphatic heterocycles. The summed E-state index contributed by atoms with van der Waals surface area (Å²) in [6.07, 6.45) is 1.41. The lowest BCUT2D eigenvalue weighted by atomic mass is 10.3. The van der Waals surface area contributed by atoms with Gasteiger partial charge in [0.15, 0.2) is 5.84 Å². The molecule has 8 nitrogen and oxygen atoms in total. The summed E-state index contributed by atoms with van der Waals surface area (Å²) in [5.41, 5.74) is 5.54.